The number of hydrogen-bond acceptors (Lipinski definition) is 3. The van der Waals surface area contributed by atoms with Crippen LogP contribution < -0.4 is 0 Å². The fourth-order valence-electron chi connectivity index (χ4n) is 9.52. The van der Waals surface area contributed by atoms with Crippen LogP contribution in [0.5, 0.6) is 0 Å². The molecule has 0 N–H and O–H groups in total. The first-order valence-electron chi connectivity index (χ1n) is 13.5. The molecule has 0 saturated heterocycles. The molecule has 0 aromatic rings. The van der Waals surface area contributed by atoms with E-state index in [0.29, 0.717) is 42.3 Å². The Kier molecular flexibility index (Phi) is 6.53. The van der Waals surface area contributed by atoms with Crippen LogP contribution in [0.4, 0.5) is 0 Å². The van der Waals surface area contributed by atoms with Gasteiger partial charge in [-0.2, -0.15) is 10.5 Å². The van der Waals surface area contributed by atoms with E-state index < -0.39 is 5.41 Å². The maximum absolute atomic E-state index is 12.3. The minimum absolute atomic E-state index is 0.0283. The van der Waals surface area contributed by atoms with Crippen LogP contribution in [0.25, 0.3) is 0 Å². The second-order valence-electron chi connectivity index (χ2n) is 12.8. The van der Waals surface area contributed by atoms with E-state index >= 15 is 0 Å². The van der Waals surface area contributed by atoms with Gasteiger partial charge < -0.3 is 0 Å². The Morgan fingerprint density at radius 3 is 2.50 bits per heavy atom. The molecule has 176 valence electrons. The first-order valence-corrected chi connectivity index (χ1v) is 13.5. The van der Waals surface area contributed by atoms with Crippen LogP contribution >= 0.6 is 0 Å². The summed E-state index contributed by atoms with van der Waals surface area (Å²) in [5, 5.41) is 19.2. The maximum atomic E-state index is 12.3. The van der Waals surface area contributed by atoms with Crippen molar-refractivity contribution < 1.29 is 4.79 Å². The summed E-state index contributed by atoms with van der Waals surface area (Å²) in [5.41, 5.74) is 0.0789. The van der Waals surface area contributed by atoms with Crippen LogP contribution in [0.1, 0.15) is 111 Å². The van der Waals surface area contributed by atoms with Crippen molar-refractivity contribution in [3.63, 3.8) is 0 Å². The molecule has 0 aliphatic heterocycles. The first-order chi connectivity index (χ1) is 15.2. The highest BCUT2D eigenvalue weighted by Crippen LogP contribution is 2.71. The predicted molar refractivity (Wildman–Crippen MR) is 127 cm³/mol. The number of carbonyl (C=O) groups is 1. The van der Waals surface area contributed by atoms with Gasteiger partial charge >= 0.3 is 0 Å². The van der Waals surface area contributed by atoms with Crippen molar-refractivity contribution in [3.05, 3.63) is 0 Å². The number of fused-ring (bicyclic) bond motifs is 5. The van der Waals surface area contributed by atoms with Gasteiger partial charge in [-0.3, -0.25) is 4.79 Å². The molecular weight excluding hydrogens is 392 g/mol. The van der Waals surface area contributed by atoms with Gasteiger partial charge in [0.25, 0.3) is 0 Å². The normalized spacial score (nSPS) is 45.0. The molecule has 0 aromatic carbocycles. The number of nitriles is 2. The minimum Gasteiger partial charge on any atom is -0.300 e. The second kappa shape index (κ2) is 8.78. The van der Waals surface area contributed by atoms with Crippen molar-refractivity contribution in [3.8, 4) is 12.1 Å². The number of ketones is 1. The van der Waals surface area contributed by atoms with Gasteiger partial charge in [-0.15, -0.1) is 0 Å². The van der Waals surface area contributed by atoms with Crippen molar-refractivity contribution in [2.45, 2.75) is 111 Å². The van der Waals surface area contributed by atoms with Gasteiger partial charge in [0, 0.05) is 19.3 Å². The first kappa shape index (κ1) is 23.8. The second-order valence-corrected chi connectivity index (χ2v) is 12.8. The van der Waals surface area contributed by atoms with Crippen LogP contribution in [-0.4, -0.2) is 5.78 Å². The Morgan fingerprint density at radius 1 is 1.00 bits per heavy atom. The smallest absolute Gasteiger partial charge is 0.134 e. The highest BCUT2D eigenvalue weighted by molar-refractivity contribution is 5.81. The molecule has 4 aliphatic rings. The summed E-state index contributed by atoms with van der Waals surface area (Å²) in [6, 6.07) is 5.04. The molecule has 0 aromatic heterocycles. The van der Waals surface area contributed by atoms with E-state index in [1.807, 2.05) is 0 Å². The lowest BCUT2D eigenvalue weighted by atomic mass is 9.40. The summed E-state index contributed by atoms with van der Waals surface area (Å²) in [5.74, 6) is 4.62. The van der Waals surface area contributed by atoms with Gasteiger partial charge in [-0.1, -0.05) is 40.5 Å². The van der Waals surface area contributed by atoms with Gasteiger partial charge in [-0.25, -0.2) is 0 Å². The maximum Gasteiger partial charge on any atom is 0.134 e. The van der Waals surface area contributed by atoms with Crippen molar-refractivity contribution in [2.75, 3.05) is 0 Å². The lowest BCUT2D eigenvalue weighted by Gasteiger charge is -2.63. The molecule has 0 heterocycles. The fourth-order valence-corrected chi connectivity index (χ4v) is 9.52. The van der Waals surface area contributed by atoms with E-state index in [2.05, 4.69) is 39.8 Å². The zero-order valence-corrected chi connectivity index (χ0v) is 21.0. The quantitative estimate of drug-likeness (QED) is 0.434. The molecule has 4 fully saturated rings. The Hall–Kier alpha value is -1.35. The number of nitrogens with zero attached hydrogens (tertiary/aromatic N) is 2. The molecule has 0 radical (unpaired) electrons. The molecule has 4 saturated carbocycles. The van der Waals surface area contributed by atoms with E-state index in [-0.39, 0.29) is 5.41 Å². The topological polar surface area (TPSA) is 64.7 Å². The van der Waals surface area contributed by atoms with Crippen LogP contribution in [0, 0.1) is 74.4 Å². The SMILES string of the molecule is CC(CC#N)CCC[C@@H](C)[C@H]1CC[C@H]2[C@@H]3CCC4(C#N)CC(=O)CC[C@]4(C)[C@H]3CC[C@]12C. The Morgan fingerprint density at radius 2 is 1.78 bits per heavy atom. The van der Waals surface area contributed by atoms with Crippen LogP contribution in [0.2, 0.25) is 0 Å². The standard InChI is InChI=1S/C29H44N2O/c1-20(13-17-30)6-5-7-21(2)24-8-9-25-23-11-16-29(19-31)18-22(32)10-15-28(29,4)26(23)12-14-27(24,25)3/h20-21,23-26H,5-16,18H2,1-4H3/t20?,21-,23+,24-,25+,26+,27-,28-,29?/m1/s1. The molecule has 0 amide bonds. The van der Waals surface area contributed by atoms with Gasteiger partial charge in [0.05, 0.1) is 17.6 Å². The Labute approximate surface area is 196 Å². The zero-order chi connectivity index (χ0) is 23.1. The Balaban J connectivity index is 1.47. The lowest BCUT2D eigenvalue weighted by molar-refractivity contribution is -0.154. The molecule has 9 atom stereocenters. The molecule has 32 heavy (non-hydrogen) atoms. The minimum atomic E-state index is -0.400. The van der Waals surface area contributed by atoms with Crippen LogP contribution in [-0.2, 0) is 4.79 Å². The number of hydrogen-bond donors (Lipinski definition) is 0. The molecule has 2 unspecified atom stereocenters. The molecule has 4 aliphatic carbocycles. The third-order valence-corrected chi connectivity index (χ3v) is 11.4. The zero-order valence-electron chi connectivity index (χ0n) is 21.0. The molecule has 0 spiro atoms. The third-order valence-electron chi connectivity index (χ3n) is 11.4. The highest BCUT2D eigenvalue weighted by Gasteiger charge is 2.65. The molecular formula is C29H44N2O. The van der Waals surface area contributed by atoms with Gasteiger partial charge in [0.2, 0.25) is 0 Å². The van der Waals surface area contributed by atoms with E-state index in [4.69, 9.17) is 5.26 Å². The van der Waals surface area contributed by atoms with E-state index in [1.165, 1.54) is 44.9 Å². The monoisotopic (exact) mass is 436 g/mol. The van der Waals surface area contributed by atoms with Gasteiger partial charge in [0.1, 0.15) is 5.78 Å². The summed E-state index contributed by atoms with van der Waals surface area (Å²) in [6.45, 7) is 9.71. The van der Waals surface area contributed by atoms with E-state index in [1.54, 1.807) is 0 Å². The molecule has 3 nitrogen and oxygen atoms in total. The molecule has 0 bridgehead atoms. The summed E-state index contributed by atoms with van der Waals surface area (Å²) in [4.78, 5) is 12.3. The Bertz CT molecular complexity index is 807. The number of Topliss-reactive ketones (excluding diaryl/α,β-unsaturated/α-hetero) is 1. The van der Waals surface area contributed by atoms with Gasteiger partial charge in [0.15, 0.2) is 0 Å². The number of rotatable bonds is 6. The summed E-state index contributed by atoms with van der Waals surface area (Å²) < 4.78 is 0. The number of carbonyl (C=O) groups excluding carboxylic acids is 1. The lowest BCUT2D eigenvalue weighted by Crippen LogP contribution is -2.58. The van der Waals surface area contributed by atoms with Crippen molar-refractivity contribution in [1.29, 1.82) is 10.5 Å². The largest absolute Gasteiger partial charge is 0.300 e. The van der Waals surface area contributed by atoms with Crippen LogP contribution in [0.3, 0.4) is 0 Å². The average molecular weight is 437 g/mol. The molecule has 4 rings (SSSR count). The molecule has 3 heteroatoms. The summed E-state index contributed by atoms with van der Waals surface area (Å²) >= 11 is 0. The fraction of sp³-hybridized carbons (Fsp3) is 0.897. The summed E-state index contributed by atoms with van der Waals surface area (Å²) in [7, 11) is 0. The van der Waals surface area contributed by atoms with Crippen molar-refractivity contribution in [1.82, 2.24) is 0 Å². The van der Waals surface area contributed by atoms with Crippen molar-refractivity contribution in [2.24, 2.45) is 51.8 Å². The highest BCUT2D eigenvalue weighted by atomic mass is 16.1. The van der Waals surface area contributed by atoms with E-state index in [0.717, 1.165) is 42.9 Å². The summed E-state index contributed by atoms with van der Waals surface area (Å²) in [6.07, 6.45) is 14.0. The van der Waals surface area contributed by atoms with Gasteiger partial charge in [-0.05, 0) is 97.7 Å². The third kappa shape index (κ3) is 3.63. The predicted octanol–water partition coefficient (Wildman–Crippen LogP) is 7.46. The van der Waals surface area contributed by atoms with Crippen LogP contribution in [0.15, 0.2) is 0 Å². The average Bonchev–Trinajstić information content (AvgIpc) is 3.11. The van der Waals surface area contributed by atoms with E-state index in [9.17, 15) is 10.1 Å². The van der Waals surface area contributed by atoms with Crippen molar-refractivity contribution >= 4 is 5.78 Å².